The Balaban J connectivity index is 1.47. The van der Waals surface area contributed by atoms with Crippen LogP contribution in [-0.2, 0) is 4.79 Å². The molecule has 3 nitrogen and oxygen atoms in total. The van der Waals surface area contributed by atoms with Crippen LogP contribution in [0.25, 0.3) is 0 Å². The fourth-order valence-electron chi connectivity index (χ4n) is 4.01. The molecule has 1 aromatic rings. The van der Waals surface area contributed by atoms with E-state index in [2.05, 4.69) is 17.4 Å². The fourth-order valence-corrected chi connectivity index (χ4v) is 4.14. The quantitative estimate of drug-likeness (QED) is 0.873. The van der Waals surface area contributed by atoms with Crippen molar-refractivity contribution in [3.05, 3.63) is 34.9 Å². The van der Waals surface area contributed by atoms with Crippen molar-refractivity contribution >= 4 is 17.6 Å². The molecule has 1 aromatic carbocycles. The fraction of sp³-hybridized carbons (Fsp3) is 0.611. The van der Waals surface area contributed by atoms with Crippen LogP contribution in [0.4, 0.5) is 0 Å². The van der Waals surface area contributed by atoms with Gasteiger partial charge in [-0.25, -0.2) is 0 Å². The van der Waals surface area contributed by atoms with Crippen LogP contribution in [-0.4, -0.2) is 23.2 Å². The van der Waals surface area contributed by atoms with Crippen molar-refractivity contribution < 1.29 is 9.90 Å². The molecule has 0 aliphatic heterocycles. The Bertz CT molecular complexity index is 508. The van der Waals surface area contributed by atoms with Gasteiger partial charge >= 0.3 is 5.97 Å². The van der Waals surface area contributed by atoms with Gasteiger partial charge < -0.3 is 10.4 Å². The lowest BCUT2D eigenvalue weighted by Gasteiger charge is -2.29. The predicted octanol–water partition coefficient (Wildman–Crippen LogP) is 4.21. The minimum Gasteiger partial charge on any atom is -0.481 e. The Morgan fingerprint density at radius 3 is 2.27 bits per heavy atom. The summed E-state index contributed by atoms with van der Waals surface area (Å²) in [5.74, 6) is -0.115. The van der Waals surface area contributed by atoms with Crippen molar-refractivity contribution in [3.63, 3.8) is 0 Å². The second-order valence-corrected chi connectivity index (χ2v) is 7.25. The van der Waals surface area contributed by atoms with Gasteiger partial charge in [0.25, 0.3) is 0 Å². The third-order valence-electron chi connectivity index (χ3n) is 5.32. The normalized spacial score (nSPS) is 32.0. The summed E-state index contributed by atoms with van der Waals surface area (Å²) < 4.78 is 0. The maximum absolute atomic E-state index is 11.0. The van der Waals surface area contributed by atoms with Gasteiger partial charge in [0.2, 0.25) is 0 Å². The summed E-state index contributed by atoms with van der Waals surface area (Å²) >= 11 is 5.96. The smallest absolute Gasteiger partial charge is 0.306 e. The average molecular weight is 322 g/mol. The summed E-state index contributed by atoms with van der Waals surface area (Å²) in [5, 5.41) is 13.6. The highest BCUT2D eigenvalue weighted by molar-refractivity contribution is 6.30. The summed E-state index contributed by atoms with van der Waals surface area (Å²) in [6.07, 6.45) is 7.26. The summed E-state index contributed by atoms with van der Waals surface area (Å²) in [4.78, 5) is 11.0. The number of carbonyl (C=O) groups is 1. The molecule has 0 spiro atoms. The van der Waals surface area contributed by atoms with E-state index in [1.807, 2.05) is 12.1 Å². The standard InChI is InChI=1S/C18H24ClNO2/c19-15-6-1-12(2-7-15)14-5-10-17(11-14)20-16-8-3-13(4-9-16)18(21)22/h1-2,6-7,13-14,16-17,20H,3-5,8-11H2,(H,21,22). The molecule has 2 fully saturated rings. The van der Waals surface area contributed by atoms with E-state index in [0.717, 1.165) is 30.7 Å². The first kappa shape index (κ1) is 15.8. The highest BCUT2D eigenvalue weighted by Crippen LogP contribution is 2.36. The molecule has 0 amide bonds. The molecule has 0 aromatic heterocycles. The van der Waals surface area contributed by atoms with E-state index in [4.69, 9.17) is 16.7 Å². The van der Waals surface area contributed by atoms with Gasteiger partial charge in [-0.1, -0.05) is 23.7 Å². The monoisotopic (exact) mass is 321 g/mol. The van der Waals surface area contributed by atoms with E-state index in [-0.39, 0.29) is 5.92 Å². The van der Waals surface area contributed by atoms with E-state index in [0.29, 0.717) is 18.0 Å². The summed E-state index contributed by atoms with van der Waals surface area (Å²) in [6.45, 7) is 0. The number of benzene rings is 1. The first-order chi connectivity index (χ1) is 10.6. The molecule has 2 atom stereocenters. The maximum atomic E-state index is 11.0. The van der Waals surface area contributed by atoms with Gasteiger partial charge in [-0.05, 0) is 68.6 Å². The number of aliphatic carboxylic acids is 1. The van der Waals surface area contributed by atoms with Crippen LogP contribution < -0.4 is 5.32 Å². The lowest BCUT2D eigenvalue weighted by molar-refractivity contribution is -0.142. The summed E-state index contributed by atoms with van der Waals surface area (Å²) in [6, 6.07) is 9.33. The molecule has 0 heterocycles. The van der Waals surface area contributed by atoms with Gasteiger partial charge in [-0.15, -0.1) is 0 Å². The molecule has 22 heavy (non-hydrogen) atoms. The highest BCUT2D eigenvalue weighted by atomic mass is 35.5. The van der Waals surface area contributed by atoms with Crippen molar-refractivity contribution in [2.45, 2.75) is 62.9 Å². The molecular formula is C18H24ClNO2. The Kier molecular flexibility index (Phi) is 5.04. The van der Waals surface area contributed by atoms with E-state index < -0.39 is 5.97 Å². The Morgan fingerprint density at radius 1 is 1.00 bits per heavy atom. The Labute approximate surface area is 137 Å². The van der Waals surface area contributed by atoms with Gasteiger partial charge in [0.05, 0.1) is 5.92 Å². The maximum Gasteiger partial charge on any atom is 0.306 e. The van der Waals surface area contributed by atoms with Gasteiger partial charge in [-0.3, -0.25) is 4.79 Å². The average Bonchev–Trinajstić information content (AvgIpc) is 2.97. The molecule has 120 valence electrons. The number of carboxylic acid groups (broad SMARTS) is 1. The van der Waals surface area contributed by atoms with Crippen molar-refractivity contribution in [1.82, 2.24) is 5.32 Å². The third-order valence-corrected chi connectivity index (χ3v) is 5.57. The first-order valence-corrected chi connectivity index (χ1v) is 8.74. The molecular weight excluding hydrogens is 298 g/mol. The van der Waals surface area contributed by atoms with Crippen LogP contribution in [0.1, 0.15) is 56.4 Å². The number of rotatable bonds is 4. The number of nitrogens with one attached hydrogen (secondary N) is 1. The summed E-state index contributed by atoms with van der Waals surface area (Å²) in [5.41, 5.74) is 1.39. The molecule has 4 heteroatoms. The van der Waals surface area contributed by atoms with E-state index >= 15 is 0 Å². The van der Waals surface area contributed by atoms with Crippen molar-refractivity contribution in [2.24, 2.45) is 5.92 Å². The van der Waals surface area contributed by atoms with Crippen molar-refractivity contribution in [2.75, 3.05) is 0 Å². The number of hydrogen-bond acceptors (Lipinski definition) is 2. The molecule has 0 bridgehead atoms. The molecule has 0 radical (unpaired) electrons. The minimum atomic E-state index is -0.623. The molecule has 2 saturated carbocycles. The second kappa shape index (κ2) is 7.01. The molecule has 2 aliphatic rings. The van der Waals surface area contributed by atoms with Crippen LogP contribution in [0, 0.1) is 5.92 Å². The van der Waals surface area contributed by atoms with Crippen LogP contribution >= 0.6 is 11.6 Å². The second-order valence-electron chi connectivity index (χ2n) is 6.81. The lowest BCUT2D eigenvalue weighted by Crippen LogP contribution is -2.40. The zero-order chi connectivity index (χ0) is 15.5. The van der Waals surface area contributed by atoms with Crippen LogP contribution in [0.2, 0.25) is 5.02 Å². The largest absolute Gasteiger partial charge is 0.481 e. The van der Waals surface area contributed by atoms with Crippen LogP contribution in [0.5, 0.6) is 0 Å². The highest BCUT2D eigenvalue weighted by Gasteiger charge is 2.30. The van der Waals surface area contributed by atoms with E-state index in [1.165, 1.54) is 24.8 Å². The molecule has 3 rings (SSSR count). The minimum absolute atomic E-state index is 0.122. The van der Waals surface area contributed by atoms with Gasteiger partial charge in [-0.2, -0.15) is 0 Å². The SMILES string of the molecule is O=C(O)C1CCC(NC2CCC(c3ccc(Cl)cc3)C2)CC1. The van der Waals surface area contributed by atoms with Crippen molar-refractivity contribution in [3.8, 4) is 0 Å². The third kappa shape index (κ3) is 3.82. The molecule has 2 aliphatic carbocycles. The molecule has 2 unspecified atom stereocenters. The Hall–Kier alpha value is -1.06. The molecule has 2 N–H and O–H groups in total. The van der Waals surface area contributed by atoms with E-state index in [1.54, 1.807) is 0 Å². The van der Waals surface area contributed by atoms with Gasteiger partial charge in [0.1, 0.15) is 0 Å². The predicted molar refractivity (Wildman–Crippen MR) is 88.3 cm³/mol. The lowest BCUT2D eigenvalue weighted by atomic mass is 9.85. The molecule has 0 saturated heterocycles. The van der Waals surface area contributed by atoms with Gasteiger partial charge in [0, 0.05) is 17.1 Å². The topological polar surface area (TPSA) is 49.3 Å². The number of hydrogen-bond donors (Lipinski definition) is 2. The summed E-state index contributed by atoms with van der Waals surface area (Å²) in [7, 11) is 0. The first-order valence-electron chi connectivity index (χ1n) is 8.36. The number of carboxylic acids is 1. The Morgan fingerprint density at radius 2 is 1.64 bits per heavy atom. The zero-order valence-electron chi connectivity index (χ0n) is 12.8. The van der Waals surface area contributed by atoms with Crippen LogP contribution in [0.15, 0.2) is 24.3 Å². The van der Waals surface area contributed by atoms with E-state index in [9.17, 15) is 4.79 Å². The number of halogens is 1. The van der Waals surface area contributed by atoms with Crippen LogP contribution in [0.3, 0.4) is 0 Å². The zero-order valence-corrected chi connectivity index (χ0v) is 13.6. The van der Waals surface area contributed by atoms with Crippen molar-refractivity contribution in [1.29, 1.82) is 0 Å². The van der Waals surface area contributed by atoms with Gasteiger partial charge in [0.15, 0.2) is 0 Å².